The second kappa shape index (κ2) is 7.67. The van der Waals surface area contributed by atoms with Gasteiger partial charge in [-0.2, -0.15) is 0 Å². The summed E-state index contributed by atoms with van der Waals surface area (Å²) in [6.07, 6.45) is 3.93. The van der Waals surface area contributed by atoms with Crippen molar-refractivity contribution in [2.75, 3.05) is 25.4 Å². The van der Waals surface area contributed by atoms with E-state index in [4.69, 9.17) is 4.42 Å². The lowest BCUT2D eigenvalue weighted by Gasteiger charge is -2.21. The summed E-state index contributed by atoms with van der Waals surface area (Å²) in [7, 11) is 1.98. The third kappa shape index (κ3) is 3.38. The molecule has 6 rings (SSSR count). The summed E-state index contributed by atoms with van der Waals surface area (Å²) < 4.78 is 8.80. The summed E-state index contributed by atoms with van der Waals surface area (Å²) in [5.74, 6) is 3.27. The van der Waals surface area contributed by atoms with Gasteiger partial charge in [-0.05, 0) is 56.8 Å². The lowest BCUT2D eigenvalue weighted by molar-refractivity contribution is 0.299. The number of hydrogen-bond donors (Lipinski definition) is 0. The van der Waals surface area contributed by atoms with E-state index in [2.05, 4.69) is 50.2 Å². The quantitative estimate of drug-likeness (QED) is 0.294. The van der Waals surface area contributed by atoms with Crippen LogP contribution in [0.2, 0.25) is 0 Å². The molecule has 1 aromatic carbocycles. The zero-order chi connectivity index (χ0) is 21.9. The summed E-state index contributed by atoms with van der Waals surface area (Å²) in [5, 5.41) is 10.7. The van der Waals surface area contributed by atoms with Gasteiger partial charge in [0.05, 0.1) is 20.9 Å². The number of aromatic nitrogens is 5. The van der Waals surface area contributed by atoms with Gasteiger partial charge in [0, 0.05) is 31.3 Å². The highest BCUT2D eigenvalue weighted by atomic mass is 32.2. The number of piperidine rings is 1. The fourth-order valence-corrected chi connectivity index (χ4v) is 6.86. The molecule has 2 aliphatic rings. The largest absolute Gasteiger partial charge is 0.440 e. The molecule has 1 aliphatic carbocycles. The Morgan fingerprint density at radius 2 is 2.19 bits per heavy atom. The number of nitrogens with zero attached hydrogens (tertiary/aromatic N) is 6. The van der Waals surface area contributed by atoms with E-state index in [1.165, 1.54) is 36.2 Å². The summed E-state index contributed by atoms with van der Waals surface area (Å²) >= 11 is 3.57. The summed E-state index contributed by atoms with van der Waals surface area (Å²) in [6.45, 7) is 7.56. The Bertz CT molecular complexity index is 1290. The maximum atomic E-state index is 5.47. The first-order valence-corrected chi connectivity index (χ1v) is 12.9. The fraction of sp³-hybridized carbons (Fsp3) is 0.478. The van der Waals surface area contributed by atoms with Crippen LogP contribution in [-0.4, -0.2) is 55.0 Å². The molecule has 0 N–H and O–H groups in total. The SMILES string of the molecule is Cc1nc2ccc(C34C[C@@H]3CN(CCCSc3nnc(-c5ocnc5C)n3C)C4)cc2s1. The molecule has 7 nitrogen and oxygen atoms in total. The average Bonchev–Trinajstić information content (AvgIpc) is 3.20. The topological polar surface area (TPSA) is 72.9 Å². The van der Waals surface area contributed by atoms with Crippen molar-refractivity contribution >= 4 is 33.3 Å². The van der Waals surface area contributed by atoms with Crippen molar-refractivity contribution in [3.8, 4) is 11.6 Å². The van der Waals surface area contributed by atoms with E-state index < -0.39 is 0 Å². The molecule has 0 radical (unpaired) electrons. The van der Waals surface area contributed by atoms with Gasteiger partial charge in [-0.1, -0.05) is 17.8 Å². The molecule has 4 heterocycles. The highest BCUT2D eigenvalue weighted by molar-refractivity contribution is 7.99. The number of aryl methyl sites for hydroxylation is 2. The molecule has 0 amide bonds. The molecule has 0 bridgehead atoms. The number of likely N-dealkylation sites (tertiary alicyclic amines) is 1. The molecule has 2 atom stereocenters. The predicted octanol–water partition coefficient (Wildman–Crippen LogP) is 4.45. The number of benzene rings is 1. The van der Waals surface area contributed by atoms with Crippen LogP contribution in [0.1, 0.15) is 29.1 Å². The van der Waals surface area contributed by atoms with Crippen molar-refractivity contribution in [3.05, 3.63) is 40.9 Å². The van der Waals surface area contributed by atoms with Gasteiger partial charge < -0.3 is 13.9 Å². The van der Waals surface area contributed by atoms with Crippen molar-refractivity contribution in [1.29, 1.82) is 0 Å². The van der Waals surface area contributed by atoms with Crippen LogP contribution < -0.4 is 0 Å². The minimum atomic E-state index is 0.382. The van der Waals surface area contributed by atoms with Crippen molar-refractivity contribution in [2.24, 2.45) is 13.0 Å². The highest BCUT2D eigenvalue weighted by Gasteiger charge is 2.60. The van der Waals surface area contributed by atoms with Crippen LogP contribution in [0, 0.1) is 19.8 Å². The third-order valence-corrected chi connectivity index (χ3v) is 8.96. The third-order valence-electron chi connectivity index (χ3n) is 6.92. The maximum absolute atomic E-state index is 5.47. The van der Waals surface area contributed by atoms with Crippen molar-refractivity contribution in [1.82, 2.24) is 29.6 Å². The van der Waals surface area contributed by atoms with Crippen LogP contribution in [-0.2, 0) is 12.5 Å². The molecule has 4 aromatic rings. The van der Waals surface area contributed by atoms with Gasteiger partial charge in [-0.3, -0.25) is 0 Å². The summed E-state index contributed by atoms with van der Waals surface area (Å²) in [4.78, 5) is 11.4. The molecule has 0 spiro atoms. The molecule has 166 valence electrons. The molecule has 2 fully saturated rings. The number of thioether (sulfide) groups is 1. The molecule has 1 saturated carbocycles. The van der Waals surface area contributed by atoms with Gasteiger partial charge in [0.15, 0.2) is 17.3 Å². The minimum Gasteiger partial charge on any atom is -0.440 e. The summed E-state index contributed by atoms with van der Waals surface area (Å²) in [6, 6.07) is 6.94. The molecule has 1 aliphatic heterocycles. The van der Waals surface area contributed by atoms with Gasteiger partial charge >= 0.3 is 0 Å². The van der Waals surface area contributed by atoms with Crippen molar-refractivity contribution in [3.63, 3.8) is 0 Å². The first-order chi connectivity index (χ1) is 15.5. The summed E-state index contributed by atoms with van der Waals surface area (Å²) in [5.41, 5.74) is 3.88. The maximum Gasteiger partial charge on any atom is 0.202 e. The lowest BCUT2D eigenvalue weighted by Crippen LogP contribution is -2.27. The van der Waals surface area contributed by atoms with Crippen molar-refractivity contribution < 1.29 is 4.42 Å². The number of fused-ring (bicyclic) bond motifs is 2. The first-order valence-electron chi connectivity index (χ1n) is 11.1. The van der Waals surface area contributed by atoms with Gasteiger partial charge in [-0.25, -0.2) is 9.97 Å². The molecule has 32 heavy (non-hydrogen) atoms. The minimum absolute atomic E-state index is 0.382. The van der Waals surface area contributed by atoms with Crippen LogP contribution >= 0.6 is 23.1 Å². The molecule has 1 unspecified atom stereocenters. The smallest absolute Gasteiger partial charge is 0.202 e. The van der Waals surface area contributed by atoms with E-state index in [0.29, 0.717) is 11.2 Å². The van der Waals surface area contributed by atoms with E-state index >= 15 is 0 Å². The van der Waals surface area contributed by atoms with Gasteiger partial charge in [-0.15, -0.1) is 21.5 Å². The van der Waals surface area contributed by atoms with Crippen LogP contribution in [0.15, 0.2) is 34.2 Å². The Morgan fingerprint density at radius 3 is 3.03 bits per heavy atom. The van der Waals surface area contributed by atoms with E-state index in [1.807, 2.05) is 29.9 Å². The standard InChI is InChI=1S/C23H26N6OS2/c1-14-20(30-13-24-14)21-26-27-22(28(21)3)31-8-4-7-29-11-17-10-23(17,12-29)16-5-6-18-19(9-16)32-15(2)25-18/h5-6,9,13,17H,4,7-8,10-12H2,1-3H3/t17-,23?/m1/s1. The monoisotopic (exact) mass is 466 g/mol. The predicted molar refractivity (Wildman–Crippen MR) is 127 cm³/mol. The zero-order valence-corrected chi connectivity index (χ0v) is 20.2. The highest BCUT2D eigenvalue weighted by Crippen LogP contribution is 2.59. The van der Waals surface area contributed by atoms with E-state index in [0.717, 1.165) is 51.8 Å². The molecular weight excluding hydrogens is 440 g/mol. The molecule has 9 heteroatoms. The molecular formula is C23H26N6OS2. The Balaban J connectivity index is 1.04. The van der Waals surface area contributed by atoms with Gasteiger partial charge in [0.25, 0.3) is 0 Å². The van der Waals surface area contributed by atoms with Crippen LogP contribution in [0.4, 0.5) is 0 Å². The Labute approximate surface area is 195 Å². The van der Waals surface area contributed by atoms with E-state index in [9.17, 15) is 0 Å². The average molecular weight is 467 g/mol. The lowest BCUT2D eigenvalue weighted by atomic mass is 9.95. The van der Waals surface area contributed by atoms with Crippen LogP contribution in [0.5, 0.6) is 0 Å². The number of hydrogen-bond acceptors (Lipinski definition) is 8. The number of oxazole rings is 1. The Hall–Kier alpha value is -2.23. The first kappa shape index (κ1) is 20.4. The fourth-order valence-electron chi connectivity index (χ4n) is 5.16. The Morgan fingerprint density at radius 1 is 1.28 bits per heavy atom. The van der Waals surface area contributed by atoms with Gasteiger partial charge in [0.2, 0.25) is 5.82 Å². The van der Waals surface area contributed by atoms with E-state index in [1.54, 1.807) is 11.8 Å². The van der Waals surface area contributed by atoms with Crippen molar-refractivity contribution in [2.45, 2.75) is 37.3 Å². The second-order valence-corrected chi connectivity index (χ2v) is 11.3. The Kier molecular flexibility index (Phi) is 4.89. The van der Waals surface area contributed by atoms with Crippen LogP contribution in [0.25, 0.3) is 21.8 Å². The second-order valence-electron chi connectivity index (χ2n) is 9.04. The van der Waals surface area contributed by atoms with Gasteiger partial charge in [0.1, 0.15) is 0 Å². The molecule has 3 aromatic heterocycles. The number of rotatable bonds is 7. The number of thiazole rings is 1. The molecule has 1 saturated heterocycles. The van der Waals surface area contributed by atoms with Crippen LogP contribution in [0.3, 0.4) is 0 Å². The zero-order valence-electron chi connectivity index (χ0n) is 18.5. The normalized spacial score (nSPS) is 22.7. The van der Waals surface area contributed by atoms with E-state index in [-0.39, 0.29) is 0 Å².